The molecule has 2 aromatic heterocycles. The smallest absolute Gasteiger partial charge is 0.289 e. The lowest BCUT2D eigenvalue weighted by atomic mass is 10.2. The van der Waals surface area contributed by atoms with Crippen molar-refractivity contribution in [3.05, 3.63) is 39.6 Å². The SMILES string of the molecule is CN(Cc1ccsc1)C(=O)CSc1[nH+]c(N)c(C#N)cc1C#N. The standard InChI is InChI=1S/C15H13N5OS2/c1-20(7-10-2-3-22-8-10)13(21)9-23-15-12(6-17)4-11(5-16)14(18)19-15/h2-4,8H,7,9H2,1H3,(H2,18,19)/p+1. The first-order valence-electron chi connectivity index (χ1n) is 6.59. The molecule has 0 radical (unpaired) electrons. The highest BCUT2D eigenvalue weighted by atomic mass is 32.2. The van der Waals surface area contributed by atoms with Gasteiger partial charge in [-0.05, 0) is 28.5 Å². The normalized spacial score (nSPS) is 9.87. The minimum Gasteiger partial charge on any atom is -0.341 e. The van der Waals surface area contributed by atoms with E-state index >= 15 is 0 Å². The number of anilines is 1. The van der Waals surface area contributed by atoms with E-state index in [0.717, 1.165) is 5.56 Å². The van der Waals surface area contributed by atoms with Crippen LogP contribution < -0.4 is 10.7 Å². The molecule has 0 spiro atoms. The lowest BCUT2D eigenvalue weighted by Crippen LogP contribution is -2.28. The van der Waals surface area contributed by atoms with Crippen LogP contribution in [0.2, 0.25) is 0 Å². The number of nitriles is 2. The minimum absolute atomic E-state index is 0.0542. The molecule has 8 heteroatoms. The number of amides is 1. The van der Waals surface area contributed by atoms with Gasteiger partial charge in [0.1, 0.15) is 23.3 Å². The van der Waals surface area contributed by atoms with Gasteiger partial charge in [0.15, 0.2) is 5.03 Å². The molecule has 0 aliphatic heterocycles. The molecule has 0 unspecified atom stereocenters. The number of aromatic amines is 1. The Bertz CT molecular complexity index is 789. The van der Waals surface area contributed by atoms with Gasteiger partial charge >= 0.3 is 0 Å². The van der Waals surface area contributed by atoms with E-state index in [1.807, 2.05) is 29.0 Å². The maximum absolute atomic E-state index is 12.2. The second kappa shape index (κ2) is 7.63. The van der Waals surface area contributed by atoms with Gasteiger partial charge in [-0.15, -0.1) is 0 Å². The fraction of sp³-hybridized carbons (Fsp3) is 0.200. The number of rotatable bonds is 5. The molecule has 3 N–H and O–H groups in total. The number of nitrogens with two attached hydrogens (primary N) is 1. The van der Waals surface area contributed by atoms with Gasteiger partial charge in [-0.1, -0.05) is 11.8 Å². The number of pyridine rings is 1. The number of aromatic nitrogens is 1. The zero-order chi connectivity index (χ0) is 16.8. The van der Waals surface area contributed by atoms with E-state index < -0.39 is 0 Å². The number of nitrogens with one attached hydrogen (secondary N) is 1. The largest absolute Gasteiger partial charge is 0.341 e. The van der Waals surface area contributed by atoms with Crippen molar-refractivity contribution >= 4 is 34.8 Å². The predicted octanol–water partition coefficient (Wildman–Crippen LogP) is 1.64. The van der Waals surface area contributed by atoms with Crippen molar-refractivity contribution in [2.24, 2.45) is 0 Å². The molecule has 0 aliphatic carbocycles. The number of thioether (sulfide) groups is 1. The fourth-order valence-corrected chi connectivity index (χ4v) is 3.41. The summed E-state index contributed by atoms with van der Waals surface area (Å²) in [5.41, 5.74) is 7.32. The lowest BCUT2D eigenvalue weighted by molar-refractivity contribution is -0.410. The summed E-state index contributed by atoms with van der Waals surface area (Å²) < 4.78 is 0. The number of H-pyrrole nitrogens is 1. The van der Waals surface area contributed by atoms with Gasteiger partial charge in [0.2, 0.25) is 5.91 Å². The van der Waals surface area contributed by atoms with Crippen LogP contribution in [-0.2, 0) is 11.3 Å². The molecule has 6 nitrogen and oxygen atoms in total. The molecule has 1 amide bonds. The van der Waals surface area contributed by atoms with Crippen LogP contribution in [0.3, 0.4) is 0 Å². The molecule has 0 aromatic carbocycles. The van der Waals surface area contributed by atoms with Gasteiger partial charge in [0, 0.05) is 13.6 Å². The molecule has 0 aliphatic rings. The quantitative estimate of drug-likeness (QED) is 0.830. The van der Waals surface area contributed by atoms with E-state index in [-0.39, 0.29) is 23.0 Å². The van der Waals surface area contributed by atoms with Crippen LogP contribution in [0.15, 0.2) is 27.9 Å². The molecule has 2 rings (SSSR count). The number of nitrogens with zero attached hydrogens (tertiary/aromatic N) is 3. The van der Waals surface area contributed by atoms with Gasteiger partial charge in [-0.2, -0.15) is 21.9 Å². The number of hydrogen-bond acceptors (Lipinski definition) is 6. The van der Waals surface area contributed by atoms with Gasteiger partial charge in [0.05, 0.1) is 5.75 Å². The highest BCUT2D eigenvalue weighted by Crippen LogP contribution is 2.21. The average Bonchev–Trinajstić information content (AvgIpc) is 3.05. The van der Waals surface area contributed by atoms with Crippen molar-refractivity contribution in [1.29, 1.82) is 10.5 Å². The summed E-state index contributed by atoms with van der Waals surface area (Å²) in [5.74, 6) is 0.312. The number of nitrogen functional groups attached to an aromatic ring is 1. The first-order chi connectivity index (χ1) is 11.0. The molecule has 23 heavy (non-hydrogen) atoms. The third kappa shape index (κ3) is 4.22. The number of hydrogen-bond donors (Lipinski definition) is 1. The Morgan fingerprint density at radius 2 is 2.17 bits per heavy atom. The number of carbonyl (C=O) groups excluding carboxylic acids is 1. The van der Waals surface area contributed by atoms with Crippen LogP contribution in [0.5, 0.6) is 0 Å². The summed E-state index contributed by atoms with van der Waals surface area (Å²) >= 11 is 2.79. The fourth-order valence-electron chi connectivity index (χ4n) is 1.82. The van der Waals surface area contributed by atoms with Crippen LogP contribution >= 0.6 is 23.1 Å². The van der Waals surface area contributed by atoms with Gasteiger partial charge in [-0.25, -0.2) is 4.98 Å². The van der Waals surface area contributed by atoms with Crippen molar-refractivity contribution < 1.29 is 9.78 Å². The van der Waals surface area contributed by atoms with E-state index in [1.165, 1.54) is 17.8 Å². The molecule has 0 fully saturated rings. The second-order valence-electron chi connectivity index (χ2n) is 4.73. The summed E-state index contributed by atoms with van der Waals surface area (Å²) in [6.45, 7) is 0.549. The molecule has 0 atom stereocenters. The Morgan fingerprint density at radius 1 is 1.43 bits per heavy atom. The minimum atomic E-state index is -0.0542. The zero-order valence-corrected chi connectivity index (χ0v) is 14.0. The molecule has 0 bridgehead atoms. The zero-order valence-electron chi connectivity index (χ0n) is 12.4. The molecular weight excluding hydrogens is 330 g/mol. The summed E-state index contributed by atoms with van der Waals surface area (Å²) in [6.07, 6.45) is 0. The Labute approximate surface area is 142 Å². The Hall–Kier alpha value is -2.55. The van der Waals surface area contributed by atoms with Crippen molar-refractivity contribution in [2.45, 2.75) is 11.6 Å². The van der Waals surface area contributed by atoms with Crippen molar-refractivity contribution in [3.8, 4) is 12.1 Å². The molecular formula is C15H14N5OS2+. The number of thiophene rings is 1. The van der Waals surface area contributed by atoms with Gasteiger partial charge in [0.25, 0.3) is 5.82 Å². The van der Waals surface area contributed by atoms with Gasteiger partial charge in [-0.3, -0.25) is 10.5 Å². The summed E-state index contributed by atoms with van der Waals surface area (Å²) in [4.78, 5) is 16.6. The topological polar surface area (TPSA) is 108 Å². The lowest BCUT2D eigenvalue weighted by Gasteiger charge is -2.15. The summed E-state index contributed by atoms with van der Waals surface area (Å²) in [7, 11) is 1.74. The van der Waals surface area contributed by atoms with E-state index in [4.69, 9.17) is 16.3 Å². The first-order valence-corrected chi connectivity index (χ1v) is 8.51. The van der Waals surface area contributed by atoms with Crippen LogP contribution in [0, 0.1) is 22.7 Å². The van der Waals surface area contributed by atoms with E-state index in [0.29, 0.717) is 17.1 Å². The summed E-state index contributed by atoms with van der Waals surface area (Å²) in [6, 6.07) is 7.32. The molecule has 0 saturated carbocycles. The van der Waals surface area contributed by atoms with Crippen LogP contribution in [0.25, 0.3) is 0 Å². The third-order valence-corrected chi connectivity index (χ3v) is 4.81. The monoisotopic (exact) mass is 344 g/mol. The molecule has 116 valence electrons. The van der Waals surface area contributed by atoms with Crippen molar-refractivity contribution in [1.82, 2.24) is 4.90 Å². The van der Waals surface area contributed by atoms with Crippen molar-refractivity contribution in [3.63, 3.8) is 0 Å². The maximum Gasteiger partial charge on any atom is 0.289 e. The van der Waals surface area contributed by atoms with Crippen molar-refractivity contribution in [2.75, 3.05) is 18.5 Å². The molecule has 0 saturated heterocycles. The van der Waals surface area contributed by atoms with E-state index in [9.17, 15) is 4.79 Å². The van der Waals surface area contributed by atoms with Crippen LogP contribution in [0.1, 0.15) is 16.7 Å². The van der Waals surface area contributed by atoms with Crippen LogP contribution in [0.4, 0.5) is 5.82 Å². The molecule has 2 heterocycles. The van der Waals surface area contributed by atoms with E-state index in [1.54, 1.807) is 23.3 Å². The Morgan fingerprint density at radius 3 is 2.78 bits per heavy atom. The Balaban J connectivity index is 2.03. The highest BCUT2D eigenvalue weighted by Gasteiger charge is 2.17. The van der Waals surface area contributed by atoms with Gasteiger partial charge < -0.3 is 4.90 Å². The number of carbonyl (C=O) groups is 1. The average molecular weight is 344 g/mol. The first kappa shape index (κ1) is 16.8. The highest BCUT2D eigenvalue weighted by molar-refractivity contribution is 7.99. The maximum atomic E-state index is 12.2. The molecule has 2 aromatic rings. The van der Waals surface area contributed by atoms with E-state index in [2.05, 4.69) is 4.98 Å². The third-order valence-electron chi connectivity index (χ3n) is 3.08. The predicted molar refractivity (Wildman–Crippen MR) is 88.4 cm³/mol. The second-order valence-corrected chi connectivity index (χ2v) is 6.50. The Kier molecular flexibility index (Phi) is 5.58. The van der Waals surface area contributed by atoms with Crippen LogP contribution in [-0.4, -0.2) is 23.6 Å². The summed E-state index contributed by atoms with van der Waals surface area (Å²) in [5, 5.41) is 22.5.